The summed E-state index contributed by atoms with van der Waals surface area (Å²) < 4.78 is 32.8. The van der Waals surface area contributed by atoms with Crippen molar-refractivity contribution >= 4 is 21.8 Å². The van der Waals surface area contributed by atoms with Crippen molar-refractivity contribution in [3.05, 3.63) is 89.5 Å². The highest BCUT2D eigenvalue weighted by atomic mass is 32.2. The van der Waals surface area contributed by atoms with Crippen LogP contribution in [-0.2, 0) is 21.2 Å². The fourth-order valence-electron chi connectivity index (χ4n) is 3.54. The molecule has 3 aromatic rings. The minimum absolute atomic E-state index is 0.0243. The summed E-state index contributed by atoms with van der Waals surface area (Å²) >= 11 is 0. The first-order valence-electron chi connectivity index (χ1n) is 11.0. The van der Waals surface area contributed by atoms with E-state index in [9.17, 15) is 18.5 Å². The molecule has 0 saturated heterocycles. The number of hydrogen-bond acceptors (Lipinski definition) is 6. The molecule has 3 rings (SSSR count). The van der Waals surface area contributed by atoms with Crippen molar-refractivity contribution in [2.45, 2.75) is 25.8 Å². The number of hydrogen-bond donors (Lipinski definition) is 3. The molecule has 0 radical (unpaired) electrons. The summed E-state index contributed by atoms with van der Waals surface area (Å²) in [5, 5.41) is 16.9. The Morgan fingerprint density at radius 2 is 1.83 bits per heavy atom. The number of sulfonamides is 1. The van der Waals surface area contributed by atoms with Gasteiger partial charge in [0.15, 0.2) is 0 Å². The average molecular weight is 491 g/mol. The van der Waals surface area contributed by atoms with Gasteiger partial charge in [-0.2, -0.15) is 5.26 Å². The van der Waals surface area contributed by atoms with Crippen molar-refractivity contribution in [1.82, 2.24) is 4.72 Å². The van der Waals surface area contributed by atoms with E-state index in [1.807, 2.05) is 12.1 Å². The van der Waals surface area contributed by atoms with Gasteiger partial charge in [0, 0.05) is 5.56 Å². The van der Waals surface area contributed by atoms with E-state index in [1.165, 1.54) is 0 Å². The second kappa shape index (κ2) is 11.4. The smallest absolute Gasteiger partial charge is 0.329 e. The molecule has 0 aliphatic rings. The standard InChI is InChI=1S/C26H26N4O4S/c1-2-14-35(32,33)30-24(16-18-6-5-8-20(15-18)25(28)29)26(31)34-22-12-10-19(11-13-22)23-9-4-3-7-21(23)17-27/h3-13,15,24,30H,2,14,16H2,1H3,(H3,28,29)/t24-/m0/s1. The lowest BCUT2D eigenvalue weighted by Gasteiger charge is -2.18. The quantitative estimate of drug-likeness (QED) is 0.172. The maximum atomic E-state index is 13.0. The fourth-order valence-corrected chi connectivity index (χ4v) is 4.81. The third-order valence-corrected chi connectivity index (χ3v) is 6.78. The molecule has 0 amide bonds. The number of carbonyl (C=O) groups excluding carboxylic acids is 1. The van der Waals surface area contributed by atoms with Crippen LogP contribution in [0.15, 0.2) is 72.8 Å². The van der Waals surface area contributed by atoms with Gasteiger partial charge in [-0.15, -0.1) is 0 Å². The largest absolute Gasteiger partial charge is 0.425 e. The highest BCUT2D eigenvalue weighted by molar-refractivity contribution is 7.89. The molecule has 35 heavy (non-hydrogen) atoms. The van der Waals surface area contributed by atoms with Crippen molar-refractivity contribution in [3.63, 3.8) is 0 Å². The average Bonchev–Trinajstić information content (AvgIpc) is 2.84. The van der Waals surface area contributed by atoms with Gasteiger partial charge in [0.1, 0.15) is 17.6 Å². The third-order valence-electron chi connectivity index (χ3n) is 5.19. The molecule has 8 nitrogen and oxygen atoms in total. The number of carbonyl (C=O) groups is 1. The SMILES string of the molecule is CCCS(=O)(=O)N[C@@H](Cc1cccc(C(=N)N)c1)C(=O)Oc1ccc(-c2ccccc2C#N)cc1. The van der Waals surface area contributed by atoms with Crippen molar-refractivity contribution in [2.75, 3.05) is 5.75 Å². The van der Waals surface area contributed by atoms with Crippen LogP contribution >= 0.6 is 0 Å². The van der Waals surface area contributed by atoms with E-state index in [0.717, 1.165) is 11.1 Å². The molecule has 0 fully saturated rings. The number of nitrogens with two attached hydrogens (primary N) is 1. The zero-order chi connectivity index (χ0) is 25.4. The Morgan fingerprint density at radius 1 is 1.11 bits per heavy atom. The summed E-state index contributed by atoms with van der Waals surface area (Å²) in [7, 11) is -3.71. The number of nitrogen functional groups attached to an aromatic ring is 1. The Labute approximate surface area is 204 Å². The zero-order valence-corrected chi connectivity index (χ0v) is 20.0. The molecule has 4 N–H and O–H groups in total. The summed E-state index contributed by atoms with van der Waals surface area (Å²) in [6, 6.07) is 21.5. The predicted octanol–water partition coefficient (Wildman–Crippen LogP) is 3.36. The van der Waals surface area contributed by atoms with E-state index in [0.29, 0.717) is 23.1 Å². The van der Waals surface area contributed by atoms with E-state index in [2.05, 4.69) is 10.8 Å². The Hall–Kier alpha value is -4.00. The minimum atomic E-state index is -3.71. The molecule has 0 spiro atoms. The lowest BCUT2D eigenvalue weighted by molar-refractivity contribution is -0.136. The highest BCUT2D eigenvalue weighted by Crippen LogP contribution is 2.25. The number of nitrogens with zero attached hydrogens (tertiary/aromatic N) is 1. The lowest BCUT2D eigenvalue weighted by Crippen LogP contribution is -2.45. The maximum Gasteiger partial charge on any atom is 0.329 e. The van der Waals surface area contributed by atoms with E-state index in [4.69, 9.17) is 15.9 Å². The molecule has 0 saturated carbocycles. The van der Waals surface area contributed by atoms with Crippen LogP contribution in [0.2, 0.25) is 0 Å². The van der Waals surface area contributed by atoms with Crippen LogP contribution in [0.3, 0.4) is 0 Å². The number of benzene rings is 3. The van der Waals surface area contributed by atoms with Crippen LogP contribution in [0, 0.1) is 16.7 Å². The van der Waals surface area contributed by atoms with Gasteiger partial charge in [-0.25, -0.2) is 17.9 Å². The summed E-state index contributed by atoms with van der Waals surface area (Å²) in [6.45, 7) is 1.73. The molecule has 180 valence electrons. The van der Waals surface area contributed by atoms with Gasteiger partial charge < -0.3 is 10.5 Å². The second-order valence-corrected chi connectivity index (χ2v) is 9.78. The molecule has 3 aromatic carbocycles. The zero-order valence-electron chi connectivity index (χ0n) is 19.2. The van der Waals surface area contributed by atoms with E-state index in [-0.39, 0.29) is 23.8 Å². The number of nitriles is 1. The molecule has 0 aliphatic heterocycles. The molecule has 0 aromatic heterocycles. The first-order chi connectivity index (χ1) is 16.7. The first kappa shape index (κ1) is 25.6. The molecule has 0 unspecified atom stereocenters. The molecule has 0 bridgehead atoms. The van der Waals surface area contributed by atoms with Crippen molar-refractivity contribution < 1.29 is 17.9 Å². The normalized spacial score (nSPS) is 11.9. The maximum absolute atomic E-state index is 13.0. The molecule has 0 aliphatic carbocycles. The Bertz CT molecular complexity index is 1360. The van der Waals surface area contributed by atoms with Gasteiger partial charge in [0.05, 0.1) is 17.4 Å². The van der Waals surface area contributed by atoms with Crippen LogP contribution in [0.1, 0.15) is 30.0 Å². The first-order valence-corrected chi connectivity index (χ1v) is 12.6. The topological polar surface area (TPSA) is 146 Å². The number of amidine groups is 1. The summed E-state index contributed by atoms with van der Waals surface area (Å²) in [4.78, 5) is 13.0. The fraction of sp³-hybridized carbons (Fsp3) is 0.192. The number of esters is 1. The van der Waals surface area contributed by atoms with Gasteiger partial charge in [0.25, 0.3) is 0 Å². The molecule has 1 atom stereocenters. The van der Waals surface area contributed by atoms with Crippen LogP contribution in [0.25, 0.3) is 11.1 Å². The number of nitrogens with one attached hydrogen (secondary N) is 2. The van der Waals surface area contributed by atoms with Gasteiger partial charge in [-0.05, 0) is 53.8 Å². The van der Waals surface area contributed by atoms with Gasteiger partial charge >= 0.3 is 5.97 Å². The van der Waals surface area contributed by atoms with Gasteiger partial charge in [-0.3, -0.25) is 5.41 Å². The Balaban J connectivity index is 1.82. The van der Waals surface area contributed by atoms with E-state index >= 15 is 0 Å². The van der Waals surface area contributed by atoms with Crippen molar-refractivity contribution in [1.29, 1.82) is 10.7 Å². The minimum Gasteiger partial charge on any atom is -0.425 e. The number of rotatable bonds is 10. The lowest BCUT2D eigenvalue weighted by atomic mass is 10.0. The predicted molar refractivity (Wildman–Crippen MR) is 134 cm³/mol. The molecule has 9 heteroatoms. The van der Waals surface area contributed by atoms with Crippen LogP contribution in [0.5, 0.6) is 5.75 Å². The molecular formula is C26H26N4O4S. The Morgan fingerprint density at radius 3 is 2.49 bits per heavy atom. The van der Waals surface area contributed by atoms with Crippen LogP contribution in [-0.4, -0.2) is 32.0 Å². The van der Waals surface area contributed by atoms with Crippen LogP contribution in [0.4, 0.5) is 0 Å². The van der Waals surface area contributed by atoms with E-state index < -0.39 is 22.0 Å². The highest BCUT2D eigenvalue weighted by Gasteiger charge is 2.26. The third kappa shape index (κ3) is 6.99. The van der Waals surface area contributed by atoms with Crippen LogP contribution < -0.4 is 15.2 Å². The molecule has 0 heterocycles. The van der Waals surface area contributed by atoms with Gasteiger partial charge in [0.2, 0.25) is 10.0 Å². The second-order valence-electron chi connectivity index (χ2n) is 7.91. The van der Waals surface area contributed by atoms with Crippen molar-refractivity contribution in [2.24, 2.45) is 5.73 Å². The summed E-state index contributed by atoms with van der Waals surface area (Å²) in [5.74, 6) is -0.777. The summed E-state index contributed by atoms with van der Waals surface area (Å²) in [6.07, 6.45) is 0.416. The molecular weight excluding hydrogens is 464 g/mol. The number of ether oxygens (including phenoxy) is 1. The Kier molecular flexibility index (Phi) is 8.36. The van der Waals surface area contributed by atoms with Crippen molar-refractivity contribution in [3.8, 4) is 22.9 Å². The van der Waals surface area contributed by atoms with E-state index in [1.54, 1.807) is 67.6 Å². The van der Waals surface area contributed by atoms with Gasteiger partial charge in [-0.1, -0.05) is 55.5 Å². The monoisotopic (exact) mass is 490 g/mol. The summed E-state index contributed by atoms with van der Waals surface area (Å²) in [5.41, 5.74) is 8.71.